The highest BCUT2D eigenvalue weighted by atomic mass is 32.2. The highest BCUT2D eigenvalue weighted by Crippen LogP contribution is 2.26. The molecule has 8 nitrogen and oxygen atoms in total. The number of thioether (sulfide) groups is 1. The van der Waals surface area contributed by atoms with Gasteiger partial charge in [-0.3, -0.25) is 4.79 Å². The van der Waals surface area contributed by atoms with Crippen molar-refractivity contribution in [1.29, 1.82) is 0 Å². The Balaban J connectivity index is 1.52. The van der Waals surface area contributed by atoms with Crippen molar-refractivity contribution in [2.24, 2.45) is 12.1 Å². The molecule has 1 heterocycles. The molecular formula is C20H21N5O3S. The van der Waals surface area contributed by atoms with E-state index < -0.39 is 0 Å². The molecule has 0 bridgehead atoms. The number of carbonyl (C=O) groups is 1. The van der Waals surface area contributed by atoms with E-state index in [0.29, 0.717) is 23.1 Å². The summed E-state index contributed by atoms with van der Waals surface area (Å²) in [4.78, 5) is 12.0. The van der Waals surface area contributed by atoms with Crippen LogP contribution in [-0.4, -0.2) is 44.4 Å². The smallest absolute Gasteiger partial charge is 0.250 e. The summed E-state index contributed by atoms with van der Waals surface area (Å²) in [7, 11) is 1.86. The number of rotatable bonds is 8. The minimum absolute atomic E-state index is 0.0224. The number of hydrogen-bond donors (Lipinski definition) is 2. The summed E-state index contributed by atoms with van der Waals surface area (Å²) in [6, 6.07) is 14.6. The van der Waals surface area contributed by atoms with Crippen LogP contribution in [0, 0.1) is 0 Å². The number of hydrogen-bond acceptors (Lipinski definition) is 7. The van der Waals surface area contributed by atoms with Gasteiger partial charge in [-0.2, -0.15) is 5.10 Å². The minimum Gasteiger partial charge on any atom is -0.504 e. The van der Waals surface area contributed by atoms with E-state index in [0.717, 1.165) is 11.4 Å². The molecule has 1 aromatic heterocycles. The fourth-order valence-electron chi connectivity index (χ4n) is 2.51. The second kappa shape index (κ2) is 9.74. The third-order valence-electron chi connectivity index (χ3n) is 3.88. The van der Waals surface area contributed by atoms with Crippen LogP contribution in [0.4, 0.5) is 0 Å². The summed E-state index contributed by atoms with van der Waals surface area (Å²) >= 11 is 1.27. The summed E-state index contributed by atoms with van der Waals surface area (Å²) in [5, 5.41) is 22.7. The highest BCUT2D eigenvalue weighted by Gasteiger charge is 2.12. The second-order valence-electron chi connectivity index (χ2n) is 5.97. The van der Waals surface area contributed by atoms with Gasteiger partial charge in [-0.25, -0.2) is 5.43 Å². The molecule has 0 aliphatic carbocycles. The lowest BCUT2D eigenvalue weighted by Crippen LogP contribution is -2.19. The summed E-state index contributed by atoms with van der Waals surface area (Å²) in [5.74, 6) is 1.04. The number of hydrazone groups is 1. The molecule has 0 spiro atoms. The zero-order valence-corrected chi connectivity index (χ0v) is 16.9. The van der Waals surface area contributed by atoms with Crippen LogP contribution < -0.4 is 10.2 Å². The van der Waals surface area contributed by atoms with Gasteiger partial charge in [0, 0.05) is 12.6 Å². The molecule has 0 radical (unpaired) electrons. The van der Waals surface area contributed by atoms with Gasteiger partial charge >= 0.3 is 0 Å². The number of carbonyl (C=O) groups excluding carboxylic acids is 1. The maximum absolute atomic E-state index is 12.0. The van der Waals surface area contributed by atoms with Crippen molar-refractivity contribution in [2.75, 3.05) is 12.4 Å². The van der Waals surface area contributed by atoms with Crippen LogP contribution >= 0.6 is 11.8 Å². The molecule has 0 atom stereocenters. The quantitative estimate of drug-likeness (QED) is 0.336. The molecule has 1 amide bonds. The lowest BCUT2D eigenvalue weighted by Gasteiger charge is -2.05. The number of aromatic hydroxyl groups is 1. The maximum atomic E-state index is 12.0. The van der Waals surface area contributed by atoms with Gasteiger partial charge < -0.3 is 14.4 Å². The molecule has 3 aromatic rings. The number of aromatic nitrogens is 3. The van der Waals surface area contributed by atoms with E-state index in [1.165, 1.54) is 24.0 Å². The van der Waals surface area contributed by atoms with Gasteiger partial charge in [-0.1, -0.05) is 42.1 Å². The molecule has 9 heteroatoms. The molecule has 0 saturated heterocycles. The van der Waals surface area contributed by atoms with E-state index in [1.807, 2.05) is 48.9 Å². The summed E-state index contributed by atoms with van der Waals surface area (Å²) < 4.78 is 7.11. The Morgan fingerprint density at radius 3 is 2.79 bits per heavy atom. The second-order valence-corrected chi connectivity index (χ2v) is 6.92. The Labute approximate surface area is 172 Å². The van der Waals surface area contributed by atoms with Crippen molar-refractivity contribution in [1.82, 2.24) is 20.2 Å². The lowest BCUT2D eigenvalue weighted by atomic mass is 10.2. The molecule has 0 saturated carbocycles. The molecule has 2 N–H and O–H groups in total. The van der Waals surface area contributed by atoms with Crippen LogP contribution in [0.25, 0.3) is 11.4 Å². The zero-order chi connectivity index (χ0) is 20.6. The minimum atomic E-state index is -0.273. The summed E-state index contributed by atoms with van der Waals surface area (Å²) in [6.07, 6.45) is 1.45. The zero-order valence-electron chi connectivity index (χ0n) is 16.1. The van der Waals surface area contributed by atoms with Crippen LogP contribution in [0.5, 0.6) is 11.5 Å². The molecule has 29 heavy (non-hydrogen) atoms. The summed E-state index contributed by atoms with van der Waals surface area (Å²) in [6.45, 7) is 2.30. The number of nitrogens with zero attached hydrogens (tertiary/aromatic N) is 4. The predicted octanol–water partition coefficient (Wildman–Crippen LogP) is 2.83. The Bertz CT molecular complexity index is 1000. The number of amides is 1. The number of benzene rings is 2. The van der Waals surface area contributed by atoms with E-state index >= 15 is 0 Å². The largest absolute Gasteiger partial charge is 0.504 e. The first-order valence-corrected chi connectivity index (χ1v) is 9.92. The fraction of sp³-hybridized carbons (Fsp3) is 0.200. The molecular weight excluding hydrogens is 390 g/mol. The van der Waals surface area contributed by atoms with Gasteiger partial charge in [0.1, 0.15) is 0 Å². The van der Waals surface area contributed by atoms with E-state index in [4.69, 9.17) is 4.74 Å². The molecule has 0 fully saturated rings. The molecule has 150 valence electrons. The number of ether oxygens (including phenoxy) is 1. The van der Waals surface area contributed by atoms with E-state index in [-0.39, 0.29) is 17.4 Å². The SMILES string of the molecule is CCOc1ccc(/C=N\NC(=O)CSc2nnc(-c3ccccc3)n2C)cc1O. The first-order chi connectivity index (χ1) is 14.1. The van der Waals surface area contributed by atoms with Crippen molar-refractivity contribution in [3.8, 4) is 22.9 Å². The predicted molar refractivity (Wildman–Crippen MR) is 112 cm³/mol. The fourth-order valence-corrected chi connectivity index (χ4v) is 3.22. The van der Waals surface area contributed by atoms with Crippen LogP contribution in [-0.2, 0) is 11.8 Å². The monoisotopic (exact) mass is 411 g/mol. The van der Waals surface area contributed by atoms with Crippen LogP contribution in [0.3, 0.4) is 0 Å². The van der Waals surface area contributed by atoms with Crippen LogP contribution in [0.1, 0.15) is 12.5 Å². The van der Waals surface area contributed by atoms with Crippen LogP contribution in [0.2, 0.25) is 0 Å². The number of phenols is 1. The van der Waals surface area contributed by atoms with E-state index in [9.17, 15) is 9.90 Å². The van der Waals surface area contributed by atoms with Crippen molar-refractivity contribution in [2.45, 2.75) is 12.1 Å². The highest BCUT2D eigenvalue weighted by molar-refractivity contribution is 7.99. The van der Waals surface area contributed by atoms with E-state index in [2.05, 4.69) is 20.7 Å². The van der Waals surface area contributed by atoms with Gasteiger partial charge in [-0.15, -0.1) is 10.2 Å². The van der Waals surface area contributed by atoms with E-state index in [1.54, 1.807) is 12.1 Å². The molecule has 0 unspecified atom stereocenters. The van der Waals surface area contributed by atoms with Crippen molar-refractivity contribution < 1.29 is 14.6 Å². The normalized spacial score (nSPS) is 11.0. The Morgan fingerprint density at radius 1 is 1.28 bits per heavy atom. The topological polar surface area (TPSA) is 102 Å². The molecule has 0 aliphatic rings. The average Bonchev–Trinajstić information content (AvgIpc) is 3.09. The first kappa shape index (κ1) is 20.4. The maximum Gasteiger partial charge on any atom is 0.250 e. The first-order valence-electron chi connectivity index (χ1n) is 8.93. The molecule has 2 aromatic carbocycles. The Hall–Kier alpha value is -3.33. The summed E-state index contributed by atoms with van der Waals surface area (Å²) in [5.41, 5.74) is 4.06. The molecule has 0 aliphatic heterocycles. The molecule has 3 rings (SSSR count). The Morgan fingerprint density at radius 2 is 2.07 bits per heavy atom. The average molecular weight is 411 g/mol. The number of nitrogens with one attached hydrogen (secondary N) is 1. The van der Waals surface area contributed by atoms with Gasteiger partial charge in [0.15, 0.2) is 22.5 Å². The van der Waals surface area contributed by atoms with Gasteiger partial charge in [-0.05, 0) is 30.7 Å². The van der Waals surface area contributed by atoms with Gasteiger partial charge in [0.25, 0.3) is 5.91 Å². The van der Waals surface area contributed by atoms with Crippen LogP contribution in [0.15, 0.2) is 58.8 Å². The lowest BCUT2D eigenvalue weighted by molar-refractivity contribution is -0.118. The Kier molecular flexibility index (Phi) is 6.85. The van der Waals surface area contributed by atoms with Crippen molar-refractivity contribution in [3.05, 3.63) is 54.1 Å². The number of phenolic OH excluding ortho intramolecular Hbond substituents is 1. The van der Waals surface area contributed by atoms with Gasteiger partial charge in [0.2, 0.25) is 0 Å². The third kappa shape index (κ3) is 5.35. The standard InChI is InChI=1S/C20H21N5O3S/c1-3-28-17-10-9-14(11-16(17)26)12-21-22-18(27)13-29-20-24-23-19(25(20)2)15-7-5-4-6-8-15/h4-12,26H,3,13H2,1-2H3,(H,22,27)/b21-12-. The van der Waals surface area contributed by atoms with Crippen molar-refractivity contribution >= 4 is 23.9 Å². The third-order valence-corrected chi connectivity index (χ3v) is 4.91. The van der Waals surface area contributed by atoms with Crippen molar-refractivity contribution in [3.63, 3.8) is 0 Å². The van der Waals surface area contributed by atoms with Gasteiger partial charge in [0.05, 0.1) is 18.6 Å².